The number of likely N-dealkylation sites (N-methyl/N-ethyl adjacent to an activating group) is 1. The molecular formula is C30H28Cl2F4N6O. The average Bonchev–Trinajstić information content (AvgIpc) is 3.43. The molecule has 3 aromatic rings. The van der Waals surface area contributed by atoms with Crippen LogP contribution in [0.5, 0.6) is 0 Å². The molecule has 2 fully saturated rings. The number of aromatic nitrogens is 1. The normalized spacial score (nSPS) is 19.2. The molecular weight excluding hydrogens is 607 g/mol. The number of carbonyl (C=O) groups is 1. The van der Waals surface area contributed by atoms with Crippen LogP contribution in [0.15, 0.2) is 54.7 Å². The Morgan fingerprint density at radius 1 is 1.02 bits per heavy atom. The molecule has 226 valence electrons. The third-order valence-corrected chi connectivity index (χ3v) is 8.76. The molecule has 2 aromatic carbocycles. The van der Waals surface area contributed by atoms with E-state index < -0.39 is 17.6 Å². The lowest BCUT2D eigenvalue weighted by molar-refractivity contribution is -0.140. The number of benzene rings is 2. The Bertz CT molecular complexity index is 1520. The van der Waals surface area contributed by atoms with Crippen molar-refractivity contribution in [2.45, 2.75) is 24.7 Å². The van der Waals surface area contributed by atoms with Crippen LogP contribution in [0.25, 0.3) is 0 Å². The molecule has 0 saturated carbocycles. The SMILES string of the molecule is CN(Cc1ccc(C(F)(F)F)c(F)c1)[C@H]1CN(C(=O)N2CCN(c3ccc(C#N)cn3)CC2)C[C@@H]1c1ccc(Cl)c(Cl)c1. The predicted octanol–water partition coefficient (Wildman–Crippen LogP) is 6.26. The summed E-state index contributed by atoms with van der Waals surface area (Å²) < 4.78 is 53.5. The van der Waals surface area contributed by atoms with Crippen LogP contribution in [0.3, 0.4) is 0 Å². The summed E-state index contributed by atoms with van der Waals surface area (Å²) in [6.07, 6.45) is -3.25. The third kappa shape index (κ3) is 6.82. The van der Waals surface area contributed by atoms with Gasteiger partial charge in [0.1, 0.15) is 17.7 Å². The summed E-state index contributed by atoms with van der Waals surface area (Å²) in [6, 6.07) is 13.5. The van der Waals surface area contributed by atoms with E-state index in [-0.39, 0.29) is 24.5 Å². The van der Waals surface area contributed by atoms with Crippen LogP contribution in [0.1, 0.15) is 28.2 Å². The molecule has 2 amide bonds. The monoisotopic (exact) mass is 634 g/mol. The second-order valence-electron chi connectivity index (χ2n) is 10.8. The number of pyridine rings is 1. The topological polar surface area (TPSA) is 66.7 Å². The van der Waals surface area contributed by atoms with Crippen LogP contribution in [0.4, 0.5) is 28.2 Å². The summed E-state index contributed by atoms with van der Waals surface area (Å²) in [6.45, 7) is 3.07. The summed E-state index contributed by atoms with van der Waals surface area (Å²) >= 11 is 12.5. The highest BCUT2D eigenvalue weighted by molar-refractivity contribution is 6.42. The van der Waals surface area contributed by atoms with E-state index in [0.29, 0.717) is 60.4 Å². The van der Waals surface area contributed by atoms with Crippen molar-refractivity contribution >= 4 is 35.1 Å². The van der Waals surface area contributed by atoms with Gasteiger partial charge in [-0.15, -0.1) is 0 Å². The van der Waals surface area contributed by atoms with E-state index in [2.05, 4.69) is 16.0 Å². The standard InChI is InChI=1S/C30H28Cl2F4N6O/c1-39(16-19-2-5-23(26(33)12-19)30(34,35)36)27-18-42(17-22(27)21-4-6-24(31)25(32)13-21)29(43)41-10-8-40(9-11-41)28-7-3-20(14-37)15-38-28/h2-7,12-13,15,22,27H,8-11,16-18H2,1H3/t22-,27+/m1/s1. The molecule has 2 atom stereocenters. The molecule has 2 aliphatic heterocycles. The van der Waals surface area contributed by atoms with Gasteiger partial charge in [0.2, 0.25) is 0 Å². The third-order valence-electron chi connectivity index (χ3n) is 8.02. The molecule has 5 rings (SSSR count). The minimum atomic E-state index is -4.77. The first kappa shape index (κ1) is 30.9. The second kappa shape index (κ2) is 12.6. The van der Waals surface area contributed by atoms with Gasteiger partial charge in [0, 0.05) is 64.0 Å². The average molecular weight is 635 g/mol. The number of rotatable bonds is 5. The number of urea groups is 1. The van der Waals surface area contributed by atoms with Gasteiger partial charge in [-0.05, 0) is 54.6 Å². The predicted molar refractivity (Wildman–Crippen MR) is 156 cm³/mol. The quantitative estimate of drug-likeness (QED) is 0.310. The summed E-state index contributed by atoms with van der Waals surface area (Å²) in [5.74, 6) is -0.751. The first-order valence-electron chi connectivity index (χ1n) is 13.6. The van der Waals surface area contributed by atoms with E-state index in [9.17, 15) is 22.4 Å². The molecule has 2 aliphatic rings. The zero-order valence-corrected chi connectivity index (χ0v) is 24.7. The number of anilines is 1. The molecule has 0 radical (unpaired) electrons. The second-order valence-corrected chi connectivity index (χ2v) is 11.6. The zero-order chi connectivity index (χ0) is 30.9. The van der Waals surface area contributed by atoms with Crippen LogP contribution in [-0.4, -0.2) is 78.1 Å². The number of carbonyl (C=O) groups excluding carboxylic acids is 1. The van der Waals surface area contributed by atoms with Gasteiger partial charge in [-0.1, -0.05) is 35.3 Å². The highest BCUT2D eigenvalue weighted by Crippen LogP contribution is 2.36. The Labute approximate surface area is 256 Å². The number of likely N-dealkylation sites (tertiary alicyclic amines) is 1. The van der Waals surface area contributed by atoms with Gasteiger partial charge in [-0.3, -0.25) is 4.90 Å². The molecule has 3 heterocycles. The Balaban J connectivity index is 1.31. The van der Waals surface area contributed by atoms with Gasteiger partial charge in [-0.25, -0.2) is 14.2 Å². The molecule has 1 aromatic heterocycles. The lowest BCUT2D eigenvalue weighted by Gasteiger charge is -2.37. The maximum absolute atomic E-state index is 14.3. The fourth-order valence-electron chi connectivity index (χ4n) is 5.72. The van der Waals surface area contributed by atoms with Gasteiger partial charge in [-0.2, -0.15) is 18.4 Å². The van der Waals surface area contributed by atoms with Crippen LogP contribution < -0.4 is 4.90 Å². The first-order chi connectivity index (χ1) is 20.4. The summed E-state index contributed by atoms with van der Waals surface area (Å²) in [5, 5.41) is 9.79. The van der Waals surface area contributed by atoms with Crippen molar-refractivity contribution in [3.63, 3.8) is 0 Å². The Kier molecular flexibility index (Phi) is 9.02. The smallest absolute Gasteiger partial charge is 0.353 e. The maximum atomic E-state index is 14.3. The van der Waals surface area contributed by atoms with Crippen molar-refractivity contribution in [1.29, 1.82) is 5.26 Å². The zero-order valence-electron chi connectivity index (χ0n) is 23.2. The number of alkyl halides is 3. The van der Waals surface area contributed by atoms with E-state index in [0.717, 1.165) is 23.5 Å². The first-order valence-corrected chi connectivity index (χ1v) is 14.4. The lowest BCUT2D eigenvalue weighted by atomic mass is 9.93. The fourth-order valence-corrected chi connectivity index (χ4v) is 6.02. The molecule has 2 saturated heterocycles. The minimum absolute atomic E-state index is 0.117. The van der Waals surface area contributed by atoms with Crippen molar-refractivity contribution in [3.05, 3.63) is 92.8 Å². The lowest BCUT2D eigenvalue weighted by Crippen LogP contribution is -2.53. The van der Waals surface area contributed by atoms with E-state index in [4.69, 9.17) is 28.5 Å². The highest BCUT2D eigenvalue weighted by atomic mass is 35.5. The van der Waals surface area contributed by atoms with Gasteiger partial charge >= 0.3 is 12.2 Å². The van der Waals surface area contributed by atoms with Crippen LogP contribution in [0.2, 0.25) is 10.0 Å². The number of nitriles is 1. The Morgan fingerprint density at radius 2 is 1.77 bits per heavy atom. The number of hydrogen-bond acceptors (Lipinski definition) is 5. The minimum Gasteiger partial charge on any atom is -0.353 e. The summed E-state index contributed by atoms with van der Waals surface area (Å²) in [4.78, 5) is 25.6. The van der Waals surface area contributed by atoms with Crippen molar-refractivity contribution in [2.75, 3.05) is 51.2 Å². The van der Waals surface area contributed by atoms with E-state index in [1.165, 1.54) is 12.3 Å². The molecule has 43 heavy (non-hydrogen) atoms. The number of amides is 2. The molecule has 0 aliphatic carbocycles. The molecule has 0 unspecified atom stereocenters. The molecule has 13 heteroatoms. The van der Waals surface area contributed by atoms with Gasteiger partial charge in [0.25, 0.3) is 0 Å². The van der Waals surface area contributed by atoms with E-state index in [1.807, 2.05) is 18.0 Å². The van der Waals surface area contributed by atoms with Crippen molar-refractivity contribution in [1.82, 2.24) is 19.7 Å². The molecule has 7 nitrogen and oxygen atoms in total. The van der Waals surface area contributed by atoms with Crippen molar-refractivity contribution in [2.24, 2.45) is 0 Å². The number of piperazine rings is 1. The summed E-state index contributed by atoms with van der Waals surface area (Å²) in [5.41, 5.74) is 0.432. The van der Waals surface area contributed by atoms with Crippen LogP contribution in [-0.2, 0) is 12.7 Å². The fraction of sp³-hybridized carbons (Fsp3) is 0.367. The number of halogens is 6. The largest absolute Gasteiger partial charge is 0.419 e. The van der Waals surface area contributed by atoms with E-state index >= 15 is 0 Å². The highest BCUT2D eigenvalue weighted by Gasteiger charge is 2.41. The Morgan fingerprint density at radius 3 is 2.37 bits per heavy atom. The van der Waals surface area contributed by atoms with Crippen LogP contribution >= 0.6 is 23.2 Å². The van der Waals surface area contributed by atoms with Crippen LogP contribution in [0, 0.1) is 17.1 Å². The maximum Gasteiger partial charge on any atom is 0.419 e. The van der Waals surface area contributed by atoms with Gasteiger partial charge in [0.15, 0.2) is 0 Å². The van der Waals surface area contributed by atoms with Crippen molar-refractivity contribution < 1.29 is 22.4 Å². The van der Waals surface area contributed by atoms with E-state index in [1.54, 1.807) is 34.1 Å². The Hall–Kier alpha value is -3.59. The molecule has 0 N–H and O–H groups in total. The van der Waals surface area contributed by atoms with Crippen molar-refractivity contribution in [3.8, 4) is 6.07 Å². The number of hydrogen-bond donors (Lipinski definition) is 0. The van der Waals surface area contributed by atoms with Gasteiger partial charge in [0.05, 0.1) is 21.2 Å². The summed E-state index contributed by atoms with van der Waals surface area (Å²) in [7, 11) is 1.81. The number of nitrogens with zero attached hydrogens (tertiary/aromatic N) is 6. The molecule has 0 bridgehead atoms. The van der Waals surface area contributed by atoms with Gasteiger partial charge < -0.3 is 14.7 Å². The molecule has 0 spiro atoms.